The van der Waals surface area contributed by atoms with E-state index < -0.39 is 0 Å². The predicted octanol–water partition coefficient (Wildman–Crippen LogP) is 3.79. The molecule has 20 heavy (non-hydrogen) atoms. The fourth-order valence-corrected chi connectivity index (χ4v) is 3.33. The molecular formula is C18H18N2. The molecule has 2 aromatic carbocycles. The summed E-state index contributed by atoms with van der Waals surface area (Å²) in [5.41, 5.74) is 5.37. The van der Waals surface area contributed by atoms with Gasteiger partial charge < -0.3 is 10.3 Å². The summed E-state index contributed by atoms with van der Waals surface area (Å²) in [6.07, 6.45) is 1.09. The Morgan fingerprint density at radius 2 is 1.70 bits per heavy atom. The van der Waals surface area contributed by atoms with Crippen LogP contribution >= 0.6 is 0 Å². The first-order chi connectivity index (χ1) is 9.83. The first-order valence-corrected chi connectivity index (χ1v) is 7.23. The van der Waals surface area contributed by atoms with Crippen molar-refractivity contribution in [3.8, 4) is 0 Å². The molecule has 0 radical (unpaired) electrons. The summed E-state index contributed by atoms with van der Waals surface area (Å²) >= 11 is 0. The maximum Gasteiger partial charge on any atom is 0.0734 e. The molecule has 2 atom stereocenters. The molecule has 2 heteroatoms. The van der Waals surface area contributed by atoms with E-state index in [4.69, 9.17) is 0 Å². The van der Waals surface area contributed by atoms with Crippen LogP contribution in [-0.4, -0.2) is 11.0 Å². The predicted molar refractivity (Wildman–Crippen MR) is 82.9 cm³/mol. The highest BCUT2D eigenvalue weighted by Crippen LogP contribution is 2.34. The summed E-state index contributed by atoms with van der Waals surface area (Å²) in [5.74, 6) is 0. The molecule has 1 aliphatic rings. The average molecular weight is 262 g/mol. The van der Waals surface area contributed by atoms with Crippen molar-refractivity contribution in [2.75, 3.05) is 0 Å². The van der Waals surface area contributed by atoms with Crippen molar-refractivity contribution in [3.63, 3.8) is 0 Å². The van der Waals surface area contributed by atoms with Crippen LogP contribution in [0.4, 0.5) is 0 Å². The number of aromatic nitrogens is 1. The van der Waals surface area contributed by atoms with E-state index in [1.165, 1.54) is 27.7 Å². The second kappa shape index (κ2) is 4.50. The highest BCUT2D eigenvalue weighted by Gasteiger charge is 2.28. The zero-order chi connectivity index (χ0) is 13.5. The molecule has 0 fully saturated rings. The molecular weight excluding hydrogens is 244 g/mol. The van der Waals surface area contributed by atoms with Gasteiger partial charge in [0.1, 0.15) is 0 Å². The number of rotatable bonds is 1. The summed E-state index contributed by atoms with van der Waals surface area (Å²) in [4.78, 5) is 3.62. The van der Waals surface area contributed by atoms with Crippen LogP contribution in [-0.2, 0) is 6.42 Å². The number of hydrogen-bond donors (Lipinski definition) is 2. The fraction of sp³-hybridized carbons (Fsp3) is 0.222. The lowest BCUT2D eigenvalue weighted by Gasteiger charge is -2.29. The van der Waals surface area contributed by atoms with Crippen molar-refractivity contribution in [1.82, 2.24) is 10.3 Å². The molecule has 0 bridgehead atoms. The number of fused-ring (bicyclic) bond motifs is 3. The van der Waals surface area contributed by atoms with Crippen molar-refractivity contribution < 1.29 is 0 Å². The molecule has 0 unspecified atom stereocenters. The normalized spacial score (nSPS) is 21.9. The van der Waals surface area contributed by atoms with Crippen LogP contribution in [0.15, 0.2) is 54.6 Å². The highest BCUT2D eigenvalue weighted by molar-refractivity contribution is 5.85. The van der Waals surface area contributed by atoms with Gasteiger partial charge in [-0.05, 0) is 30.5 Å². The molecule has 0 amide bonds. The average Bonchev–Trinajstić information content (AvgIpc) is 2.86. The van der Waals surface area contributed by atoms with Crippen LogP contribution in [0.5, 0.6) is 0 Å². The minimum atomic E-state index is 0.266. The number of aromatic amines is 1. The Labute approximate surface area is 118 Å². The van der Waals surface area contributed by atoms with E-state index in [0.29, 0.717) is 6.04 Å². The molecule has 0 spiro atoms. The van der Waals surface area contributed by atoms with Crippen molar-refractivity contribution in [2.45, 2.75) is 25.4 Å². The zero-order valence-electron chi connectivity index (χ0n) is 11.6. The minimum Gasteiger partial charge on any atom is -0.357 e. The monoisotopic (exact) mass is 262 g/mol. The van der Waals surface area contributed by atoms with E-state index in [2.05, 4.69) is 71.8 Å². The van der Waals surface area contributed by atoms with Gasteiger partial charge in [-0.25, -0.2) is 0 Å². The molecule has 0 aliphatic carbocycles. The van der Waals surface area contributed by atoms with Crippen LogP contribution in [0.3, 0.4) is 0 Å². The van der Waals surface area contributed by atoms with Gasteiger partial charge >= 0.3 is 0 Å². The van der Waals surface area contributed by atoms with Gasteiger partial charge in [0.2, 0.25) is 0 Å². The van der Waals surface area contributed by atoms with Crippen LogP contribution in [0.25, 0.3) is 10.9 Å². The second-order valence-electron chi connectivity index (χ2n) is 5.68. The Hall–Kier alpha value is -2.06. The standard InChI is InChI=1S/C18H18N2/c1-12-11-15-14-9-5-6-10-16(14)20-18(15)17(19-12)13-7-3-2-4-8-13/h2-10,12,17,19-20H,11H2,1H3/t12-,17-/m1/s1. The summed E-state index contributed by atoms with van der Waals surface area (Å²) in [7, 11) is 0. The molecule has 0 saturated heterocycles. The van der Waals surface area contributed by atoms with Gasteiger partial charge in [0.25, 0.3) is 0 Å². The van der Waals surface area contributed by atoms with Crippen molar-refractivity contribution in [1.29, 1.82) is 0 Å². The van der Waals surface area contributed by atoms with Crippen molar-refractivity contribution in [3.05, 3.63) is 71.4 Å². The summed E-state index contributed by atoms with van der Waals surface area (Å²) in [5, 5.41) is 5.09. The summed E-state index contributed by atoms with van der Waals surface area (Å²) in [6, 6.07) is 20.1. The van der Waals surface area contributed by atoms with Gasteiger partial charge in [-0.2, -0.15) is 0 Å². The smallest absolute Gasteiger partial charge is 0.0734 e. The molecule has 1 aliphatic heterocycles. The first kappa shape index (κ1) is 11.7. The highest BCUT2D eigenvalue weighted by atomic mass is 15.0. The molecule has 2 heterocycles. The van der Waals surface area contributed by atoms with E-state index in [-0.39, 0.29) is 6.04 Å². The quantitative estimate of drug-likeness (QED) is 0.686. The van der Waals surface area contributed by atoms with Crippen LogP contribution in [0.2, 0.25) is 0 Å². The van der Waals surface area contributed by atoms with Crippen LogP contribution in [0.1, 0.15) is 29.8 Å². The van der Waals surface area contributed by atoms with Gasteiger partial charge in [0.05, 0.1) is 6.04 Å². The number of H-pyrrole nitrogens is 1. The summed E-state index contributed by atoms with van der Waals surface area (Å²) < 4.78 is 0. The first-order valence-electron chi connectivity index (χ1n) is 7.23. The number of benzene rings is 2. The number of nitrogens with one attached hydrogen (secondary N) is 2. The SMILES string of the molecule is C[C@@H]1Cc2c([nH]c3ccccc23)[C@@H](c2ccccc2)N1. The molecule has 2 N–H and O–H groups in total. The van der Waals surface area contributed by atoms with Crippen molar-refractivity contribution in [2.24, 2.45) is 0 Å². The van der Waals surface area contributed by atoms with Gasteiger partial charge in [-0.15, -0.1) is 0 Å². The topological polar surface area (TPSA) is 27.8 Å². The lowest BCUT2D eigenvalue weighted by molar-refractivity contribution is 0.460. The maximum atomic E-state index is 3.72. The molecule has 1 aromatic heterocycles. The lowest BCUT2D eigenvalue weighted by Crippen LogP contribution is -2.37. The Morgan fingerprint density at radius 3 is 2.55 bits per heavy atom. The Morgan fingerprint density at radius 1 is 0.950 bits per heavy atom. The minimum absolute atomic E-state index is 0.266. The van der Waals surface area contributed by atoms with E-state index in [1.807, 2.05) is 0 Å². The van der Waals surface area contributed by atoms with E-state index in [9.17, 15) is 0 Å². The third-order valence-corrected chi connectivity index (χ3v) is 4.23. The van der Waals surface area contributed by atoms with E-state index >= 15 is 0 Å². The Bertz CT molecular complexity index is 742. The fourth-order valence-electron chi connectivity index (χ4n) is 3.33. The van der Waals surface area contributed by atoms with Crippen LogP contribution in [0, 0.1) is 0 Å². The lowest BCUT2D eigenvalue weighted by atomic mass is 9.91. The third-order valence-electron chi connectivity index (χ3n) is 4.23. The molecule has 0 saturated carbocycles. The van der Waals surface area contributed by atoms with Gasteiger partial charge in [-0.3, -0.25) is 0 Å². The Kier molecular flexibility index (Phi) is 2.64. The molecule has 4 rings (SSSR count). The van der Waals surface area contributed by atoms with Gasteiger partial charge in [0, 0.05) is 22.6 Å². The van der Waals surface area contributed by atoms with Crippen molar-refractivity contribution >= 4 is 10.9 Å². The zero-order valence-corrected chi connectivity index (χ0v) is 11.6. The second-order valence-corrected chi connectivity index (χ2v) is 5.68. The number of para-hydroxylation sites is 1. The Balaban J connectivity index is 1.92. The van der Waals surface area contributed by atoms with Crippen LogP contribution < -0.4 is 5.32 Å². The molecule has 100 valence electrons. The third kappa shape index (κ3) is 1.76. The summed E-state index contributed by atoms with van der Waals surface area (Å²) in [6.45, 7) is 2.26. The number of hydrogen-bond acceptors (Lipinski definition) is 1. The molecule has 3 aromatic rings. The van der Waals surface area contributed by atoms with E-state index in [0.717, 1.165) is 6.42 Å². The van der Waals surface area contributed by atoms with Gasteiger partial charge in [0.15, 0.2) is 0 Å². The molecule has 2 nitrogen and oxygen atoms in total. The maximum absolute atomic E-state index is 3.72. The van der Waals surface area contributed by atoms with Gasteiger partial charge in [-0.1, -0.05) is 48.5 Å². The van der Waals surface area contributed by atoms with E-state index in [1.54, 1.807) is 0 Å². The largest absolute Gasteiger partial charge is 0.357 e.